The Bertz CT molecular complexity index is 1860. The molecular weight excluding hydrogens is 1110 g/mol. The first-order chi connectivity index (χ1) is 27.7. The van der Waals surface area contributed by atoms with Crippen molar-refractivity contribution in [2.75, 3.05) is 0 Å². The summed E-state index contributed by atoms with van der Waals surface area (Å²) in [5.41, 5.74) is -8.00. The van der Waals surface area contributed by atoms with Crippen LogP contribution >= 0.6 is 0 Å². The topological polar surface area (TPSA) is 308 Å². The number of nitrogens with zero attached hydrogens (tertiary/aromatic N) is 8. The molecule has 370 valence electrons. The number of rotatable bonds is 8. The van der Waals surface area contributed by atoms with Crippen molar-refractivity contribution in [2.45, 2.75) is 64.9 Å². The van der Waals surface area contributed by atoms with Gasteiger partial charge in [0.2, 0.25) is 0 Å². The fourth-order valence-corrected chi connectivity index (χ4v) is 2.74. The van der Waals surface area contributed by atoms with Gasteiger partial charge in [0.25, 0.3) is 0 Å². The number of hydrogen-bond donors (Lipinski definition) is 0. The largest absolute Gasteiger partial charge is 2.00 e. The van der Waals surface area contributed by atoms with Gasteiger partial charge in [-0.15, -0.1) is 0 Å². The fourth-order valence-electron chi connectivity index (χ4n) is 2.74. The van der Waals surface area contributed by atoms with Gasteiger partial charge in [0.05, 0.1) is 49.0 Å². The van der Waals surface area contributed by atoms with Gasteiger partial charge in [0.1, 0.15) is 0 Å². The third-order valence-corrected chi connectivity index (χ3v) is 6.46. The zero-order chi connectivity index (χ0) is 46.4. The van der Waals surface area contributed by atoms with Crippen LogP contribution in [0.25, 0.3) is 0 Å². The van der Waals surface area contributed by atoms with Gasteiger partial charge in [-0.3, -0.25) is 39.9 Å². The summed E-state index contributed by atoms with van der Waals surface area (Å²) in [6, 6.07) is 22.2. The van der Waals surface area contributed by atoms with Crippen LogP contribution in [0.3, 0.4) is 0 Å². The molecule has 0 aliphatic heterocycles. The summed E-state index contributed by atoms with van der Waals surface area (Å²) < 4.78 is 118. The van der Waals surface area contributed by atoms with E-state index in [0.29, 0.717) is 26.2 Å². The van der Waals surface area contributed by atoms with Crippen molar-refractivity contribution >= 4 is 43.8 Å². The van der Waals surface area contributed by atoms with Crippen molar-refractivity contribution in [3.8, 4) is 0 Å². The van der Waals surface area contributed by atoms with E-state index in [1.54, 1.807) is 24.8 Å². The molecular formula is C34H36Cu4F6N8O10S2. The van der Waals surface area contributed by atoms with Gasteiger partial charge >= 0.3 is 79.3 Å². The van der Waals surface area contributed by atoms with Crippen LogP contribution in [-0.4, -0.2) is 80.5 Å². The number of pyridine rings is 4. The van der Waals surface area contributed by atoms with E-state index in [4.69, 9.17) is 25.9 Å². The van der Waals surface area contributed by atoms with Crippen molar-refractivity contribution in [1.82, 2.24) is 19.9 Å². The molecule has 0 saturated heterocycles. The van der Waals surface area contributed by atoms with Crippen molar-refractivity contribution in [2.24, 2.45) is 20.0 Å². The van der Waals surface area contributed by atoms with E-state index in [1.807, 2.05) is 72.8 Å². The molecule has 4 aromatic heterocycles. The Hall–Kier alpha value is -4.04. The van der Waals surface area contributed by atoms with E-state index in [1.165, 1.54) is 27.7 Å². The van der Waals surface area contributed by atoms with Crippen LogP contribution in [0.15, 0.2) is 118 Å². The summed E-state index contributed by atoms with van der Waals surface area (Å²) >= 11 is 0. The third-order valence-electron chi connectivity index (χ3n) is 5.33. The van der Waals surface area contributed by atoms with Crippen molar-refractivity contribution in [3.63, 3.8) is 0 Å². The monoisotopic (exact) mass is 1150 g/mol. The van der Waals surface area contributed by atoms with E-state index in [2.05, 4.69) is 39.9 Å². The Morgan fingerprint density at radius 1 is 0.453 bits per heavy atom. The quantitative estimate of drug-likeness (QED) is 0.0604. The molecule has 0 unspecified atom stereocenters. The van der Waals surface area contributed by atoms with Crippen molar-refractivity contribution in [1.29, 1.82) is 0 Å². The van der Waals surface area contributed by atoms with Gasteiger partial charge < -0.3 is 29.5 Å². The van der Waals surface area contributed by atoms with Crippen molar-refractivity contribution < 1.29 is 141 Å². The number of hydrogen-bond acceptors (Lipinski definition) is 18. The van der Waals surface area contributed by atoms with E-state index < -0.39 is 31.3 Å². The molecule has 4 heterocycles. The molecule has 4 rings (SSSR count). The molecule has 4 aromatic rings. The van der Waals surface area contributed by atoms with Crippen LogP contribution in [0, 0.1) is 0 Å². The van der Waals surface area contributed by atoms with Gasteiger partial charge in [-0.2, -0.15) is 26.3 Å². The molecule has 0 aliphatic rings. The van der Waals surface area contributed by atoms with Crippen LogP contribution in [0.1, 0.15) is 50.5 Å². The first-order valence-corrected chi connectivity index (χ1v) is 18.8. The Kier molecular flexibility index (Phi) is 42.8. The number of alkyl halides is 6. The minimum Gasteiger partial charge on any atom is -0.862 e. The molecule has 2 radical (unpaired) electrons. The summed E-state index contributed by atoms with van der Waals surface area (Å²) in [4.78, 5) is 30.8. The predicted molar refractivity (Wildman–Crippen MR) is 196 cm³/mol. The van der Waals surface area contributed by atoms with Crippen LogP contribution in [0.2, 0.25) is 0 Å². The maximum atomic E-state index is 10.7. The minimum absolute atomic E-state index is 0. The molecule has 0 bridgehead atoms. The van der Waals surface area contributed by atoms with Gasteiger partial charge in [0, 0.05) is 24.8 Å². The number of aliphatic imine (C=N–C) groups is 4. The molecule has 30 heteroatoms. The van der Waals surface area contributed by atoms with Crippen LogP contribution in [0.4, 0.5) is 26.3 Å². The molecule has 0 N–H and O–H groups in total. The second kappa shape index (κ2) is 38.2. The van der Waals surface area contributed by atoms with E-state index in [-0.39, 0.29) is 91.9 Å². The zero-order valence-corrected chi connectivity index (χ0v) is 38.4. The maximum Gasteiger partial charge on any atom is 2.00 e. The predicted octanol–water partition coefficient (Wildman–Crippen LogP) is 1.53. The number of halogens is 6. The normalized spacial score (nSPS) is 11.4. The Morgan fingerprint density at radius 2 is 0.609 bits per heavy atom. The summed E-state index contributed by atoms with van der Waals surface area (Å²) in [5.74, 6) is -0.627. The molecule has 0 aliphatic carbocycles. The Balaban J connectivity index is -0.000000157. The SMILES string of the molecule is CC([O-])=NCc1ccccn1.CC([O-])=NCc1ccccn1.CC([O-])=NCc1ccccn1.CC([O-])=NCc1ccccn1.O=S(=O)([O-])C(F)(F)F.O=S(=O)([O-])C(F)(F)F.[Cu+2].[Cu+2].[Cu+].[Cu+]. The van der Waals surface area contributed by atoms with Gasteiger partial charge in [-0.05, 0) is 99.8 Å². The first kappa shape index (κ1) is 71.6. The summed E-state index contributed by atoms with van der Waals surface area (Å²) in [6.07, 6.45) is 6.74. The van der Waals surface area contributed by atoms with E-state index in [0.717, 1.165) is 22.8 Å². The van der Waals surface area contributed by atoms with Crippen LogP contribution in [-0.2, 0) is 115 Å². The average molecular weight is 1150 g/mol. The van der Waals surface area contributed by atoms with Crippen LogP contribution < -0.4 is 20.4 Å². The van der Waals surface area contributed by atoms with Gasteiger partial charge in [0.15, 0.2) is 20.2 Å². The fraction of sp³-hybridized carbons (Fsp3) is 0.294. The molecule has 0 saturated carbocycles. The number of aromatic nitrogens is 4. The van der Waals surface area contributed by atoms with Gasteiger partial charge in [-0.25, -0.2) is 16.8 Å². The van der Waals surface area contributed by atoms with E-state index in [9.17, 15) is 46.8 Å². The second-order valence-electron chi connectivity index (χ2n) is 10.4. The molecule has 64 heavy (non-hydrogen) atoms. The molecule has 18 nitrogen and oxygen atoms in total. The van der Waals surface area contributed by atoms with Crippen molar-refractivity contribution in [3.05, 3.63) is 120 Å². The van der Waals surface area contributed by atoms with Gasteiger partial charge in [-0.1, -0.05) is 24.3 Å². The average Bonchev–Trinajstić information content (AvgIpc) is 3.16. The third kappa shape index (κ3) is 43.2. The molecule has 0 aromatic carbocycles. The zero-order valence-electron chi connectivity index (χ0n) is 33.0. The Labute approximate surface area is 407 Å². The molecule has 0 atom stereocenters. The summed E-state index contributed by atoms with van der Waals surface area (Å²) in [7, 11) is -12.2. The summed E-state index contributed by atoms with van der Waals surface area (Å²) in [5, 5.41) is 41.7. The first-order valence-electron chi connectivity index (χ1n) is 16.0. The summed E-state index contributed by atoms with van der Waals surface area (Å²) in [6.45, 7) is 7.27. The molecule has 0 amide bonds. The second-order valence-corrected chi connectivity index (χ2v) is 13.2. The molecule has 0 fully saturated rings. The smallest absolute Gasteiger partial charge is 0.862 e. The molecule has 0 spiro atoms. The van der Waals surface area contributed by atoms with E-state index >= 15 is 0 Å². The maximum absolute atomic E-state index is 10.7. The minimum atomic E-state index is -6.09. The standard InChI is InChI=1S/4C8H10N2O.2CHF3O3S.4Cu/c4*1-7(11)10-6-8-4-2-3-5-9-8;2*2-1(3,4)8(5,6)7;;;;/h4*2-5H,6H2,1H3,(H,10,11);2*(H,5,6,7);;;;/q;;;;;;2*+1;2*+2/p-6. The van der Waals surface area contributed by atoms with Crippen LogP contribution in [0.5, 0.6) is 0 Å². The Morgan fingerprint density at radius 3 is 0.703 bits per heavy atom.